The molecule has 6 heteroatoms. The van der Waals surface area contributed by atoms with Crippen molar-refractivity contribution in [1.29, 1.82) is 0 Å². The molecule has 4 N–H and O–H groups in total. The van der Waals surface area contributed by atoms with E-state index in [0.717, 1.165) is 5.56 Å². The van der Waals surface area contributed by atoms with Gasteiger partial charge in [0.25, 0.3) is 0 Å². The third kappa shape index (κ3) is 3.36. The quantitative estimate of drug-likeness (QED) is 0.899. The van der Waals surface area contributed by atoms with Gasteiger partial charge in [0.15, 0.2) is 0 Å². The Labute approximate surface area is 134 Å². The second-order valence-electron chi connectivity index (χ2n) is 5.65. The van der Waals surface area contributed by atoms with Gasteiger partial charge in [-0.05, 0) is 30.7 Å². The first kappa shape index (κ1) is 16.2. The molecule has 0 unspecified atom stereocenters. The first-order chi connectivity index (χ1) is 10.2. The van der Waals surface area contributed by atoms with Crippen LogP contribution in [0, 0.1) is 6.92 Å². The highest BCUT2D eigenvalue weighted by molar-refractivity contribution is 6.30. The highest BCUT2D eigenvalue weighted by atomic mass is 35.5. The van der Waals surface area contributed by atoms with Crippen molar-refractivity contribution < 1.29 is 4.39 Å². The number of aryl methyl sites for hydroxylation is 1. The normalized spacial score (nSPS) is 12.5. The summed E-state index contributed by atoms with van der Waals surface area (Å²) in [6.07, 6.45) is 1.49. The van der Waals surface area contributed by atoms with Gasteiger partial charge in [0.2, 0.25) is 5.95 Å². The molecule has 116 valence electrons. The van der Waals surface area contributed by atoms with Crippen molar-refractivity contribution in [2.75, 3.05) is 11.5 Å². The summed E-state index contributed by atoms with van der Waals surface area (Å²) in [5.74, 6) is -0.413. The monoisotopic (exact) mass is 320 g/mol. The Kier molecular flexibility index (Phi) is 4.37. The summed E-state index contributed by atoms with van der Waals surface area (Å²) in [5, 5.41) is 0.635. The van der Waals surface area contributed by atoms with Crippen LogP contribution in [0.3, 0.4) is 0 Å². The predicted octanol–water partition coefficient (Wildman–Crippen LogP) is 3.89. The lowest BCUT2D eigenvalue weighted by Crippen LogP contribution is -2.14. The molecule has 2 rings (SSSR count). The van der Waals surface area contributed by atoms with E-state index in [1.807, 2.05) is 26.0 Å². The van der Waals surface area contributed by atoms with E-state index in [2.05, 4.69) is 9.97 Å². The van der Waals surface area contributed by atoms with Crippen LogP contribution in [0.15, 0.2) is 30.3 Å². The molecule has 1 heterocycles. The lowest BCUT2D eigenvalue weighted by Gasteiger charge is -2.22. The minimum absolute atomic E-state index is 0.0310. The van der Waals surface area contributed by atoms with E-state index in [0.29, 0.717) is 10.7 Å². The number of allylic oxidation sites excluding steroid dienone is 1. The molecule has 0 saturated carbocycles. The van der Waals surface area contributed by atoms with E-state index >= 15 is 0 Å². The van der Waals surface area contributed by atoms with Crippen LogP contribution < -0.4 is 11.5 Å². The SMILES string of the molecule is Cc1nc(N)nc(N)c1C(F)=CC(C)(C)c1ccc(Cl)cc1. The molecule has 2 aromatic rings. The number of aromatic nitrogens is 2. The molecule has 0 atom stereocenters. The van der Waals surface area contributed by atoms with Crippen molar-refractivity contribution in [1.82, 2.24) is 9.97 Å². The van der Waals surface area contributed by atoms with Crippen LogP contribution in [-0.4, -0.2) is 9.97 Å². The van der Waals surface area contributed by atoms with Gasteiger partial charge in [-0.15, -0.1) is 0 Å². The lowest BCUT2D eigenvalue weighted by atomic mass is 9.83. The zero-order valence-electron chi connectivity index (χ0n) is 12.7. The van der Waals surface area contributed by atoms with Gasteiger partial charge in [0.1, 0.15) is 11.6 Å². The Balaban J connectivity index is 2.45. The number of hydrogen-bond acceptors (Lipinski definition) is 4. The third-order valence-electron chi connectivity index (χ3n) is 3.45. The number of hydrogen-bond donors (Lipinski definition) is 2. The van der Waals surface area contributed by atoms with Crippen molar-refractivity contribution in [3.63, 3.8) is 0 Å². The summed E-state index contributed by atoms with van der Waals surface area (Å²) < 4.78 is 14.7. The second kappa shape index (κ2) is 5.93. The molecule has 0 bridgehead atoms. The van der Waals surface area contributed by atoms with Crippen molar-refractivity contribution in [2.45, 2.75) is 26.2 Å². The van der Waals surface area contributed by atoms with Gasteiger partial charge < -0.3 is 11.5 Å². The zero-order chi connectivity index (χ0) is 16.5. The lowest BCUT2D eigenvalue weighted by molar-refractivity contribution is 0.648. The summed E-state index contributed by atoms with van der Waals surface area (Å²) in [6.45, 7) is 5.45. The minimum Gasteiger partial charge on any atom is -0.383 e. The van der Waals surface area contributed by atoms with Crippen LogP contribution >= 0.6 is 11.6 Å². The topological polar surface area (TPSA) is 77.8 Å². The molecule has 4 nitrogen and oxygen atoms in total. The summed E-state index contributed by atoms with van der Waals surface area (Å²) in [7, 11) is 0. The molecular weight excluding hydrogens is 303 g/mol. The molecule has 0 aliphatic heterocycles. The van der Waals surface area contributed by atoms with Crippen LogP contribution in [0.5, 0.6) is 0 Å². The first-order valence-corrected chi connectivity index (χ1v) is 7.13. The van der Waals surface area contributed by atoms with Crippen molar-refractivity contribution in [2.24, 2.45) is 0 Å². The molecule has 0 radical (unpaired) electrons. The molecular formula is C16H18ClFN4. The van der Waals surface area contributed by atoms with Gasteiger partial charge in [-0.25, -0.2) is 9.37 Å². The predicted molar refractivity (Wildman–Crippen MR) is 89.2 cm³/mol. The second-order valence-corrected chi connectivity index (χ2v) is 6.08. The standard InChI is InChI=1S/C16H18ClFN4/c1-9-13(14(19)22-15(20)21-9)12(18)8-16(2,3)10-4-6-11(17)7-5-10/h4-8H,1-3H3,(H4,19,20,21,22). The molecule has 0 saturated heterocycles. The highest BCUT2D eigenvalue weighted by Crippen LogP contribution is 2.32. The van der Waals surface area contributed by atoms with Gasteiger partial charge in [0.05, 0.1) is 11.3 Å². The van der Waals surface area contributed by atoms with Gasteiger partial charge >= 0.3 is 0 Å². The van der Waals surface area contributed by atoms with E-state index in [1.165, 1.54) is 6.08 Å². The molecule has 22 heavy (non-hydrogen) atoms. The average molecular weight is 321 g/mol. The van der Waals surface area contributed by atoms with Gasteiger partial charge in [-0.2, -0.15) is 4.98 Å². The van der Waals surface area contributed by atoms with Gasteiger partial charge in [-0.3, -0.25) is 0 Å². The van der Waals surface area contributed by atoms with Crippen LogP contribution in [0.1, 0.15) is 30.7 Å². The van der Waals surface area contributed by atoms with Crippen LogP contribution in [0.2, 0.25) is 5.02 Å². The fourth-order valence-electron chi connectivity index (χ4n) is 2.26. The van der Waals surface area contributed by atoms with E-state index in [9.17, 15) is 4.39 Å². The average Bonchev–Trinajstić information content (AvgIpc) is 2.37. The number of nitrogens with two attached hydrogens (primary N) is 2. The molecule has 1 aromatic heterocycles. The molecule has 0 amide bonds. The largest absolute Gasteiger partial charge is 0.383 e. The third-order valence-corrected chi connectivity index (χ3v) is 3.70. The fraction of sp³-hybridized carbons (Fsp3) is 0.250. The Morgan fingerprint density at radius 2 is 1.77 bits per heavy atom. The number of benzene rings is 1. The number of rotatable bonds is 3. The maximum absolute atomic E-state index is 14.7. The molecule has 0 aliphatic carbocycles. The highest BCUT2D eigenvalue weighted by Gasteiger charge is 2.22. The van der Waals surface area contributed by atoms with Crippen LogP contribution in [-0.2, 0) is 5.41 Å². The Morgan fingerprint density at radius 1 is 1.18 bits per heavy atom. The molecule has 0 fully saturated rings. The van der Waals surface area contributed by atoms with Crippen LogP contribution in [0.25, 0.3) is 5.83 Å². The van der Waals surface area contributed by atoms with Crippen molar-refractivity contribution >= 4 is 29.2 Å². The van der Waals surface area contributed by atoms with E-state index < -0.39 is 11.2 Å². The van der Waals surface area contributed by atoms with Gasteiger partial charge in [-0.1, -0.05) is 37.6 Å². The summed E-state index contributed by atoms with van der Waals surface area (Å²) in [6, 6.07) is 7.27. The maximum Gasteiger partial charge on any atom is 0.222 e. The number of anilines is 2. The number of nitrogens with zero attached hydrogens (tertiary/aromatic N) is 2. The molecule has 1 aromatic carbocycles. The summed E-state index contributed by atoms with van der Waals surface area (Å²) in [5.41, 5.74) is 12.2. The Morgan fingerprint density at radius 3 is 2.32 bits per heavy atom. The Bertz CT molecular complexity index is 700. The van der Waals surface area contributed by atoms with E-state index in [1.54, 1.807) is 19.1 Å². The van der Waals surface area contributed by atoms with Crippen LogP contribution in [0.4, 0.5) is 16.2 Å². The zero-order valence-corrected chi connectivity index (χ0v) is 13.4. The number of halogens is 2. The van der Waals surface area contributed by atoms with E-state index in [4.69, 9.17) is 23.1 Å². The van der Waals surface area contributed by atoms with E-state index in [-0.39, 0.29) is 17.3 Å². The maximum atomic E-state index is 14.7. The minimum atomic E-state index is -0.547. The fourth-order valence-corrected chi connectivity index (χ4v) is 2.39. The summed E-state index contributed by atoms with van der Waals surface area (Å²) >= 11 is 5.89. The smallest absolute Gasteiger partial charge is 0.222 e. The first-order valence-electron chi connectivity index (χ1n) is 6.75. The molecule has 0 spiro atoms. The van der Waals surface area contributed by atoms with Gasteiger partial charge in [0, 0.05) is 10.4 Å². The Hall–Kier alpha value is -2.14. The van der Waals surface area contributed by atoms with Crippen molar-refractivity contribution in [3.8, 4) is 0 Å². The number of nitrogen functional groups attached to an aromatic ring is 2. The molecule has 0 aliphatic rings. The van der Waals surface area contributed by atoms with Crippen molar-refractivity contribution in [3.05, 3.63) is 52.2 Å². The summed E-state index contributed by atoms with van der Waals surface area (Å²) in [4.78, 5) is 7.77.